The molecule has 18 heavy (non-hydrogen) atoms. The van der Waals surface area contributed by atoms with E-state index in [1.807, 2.05) is 5.48 Å². The smallest absolute Gasteiger partial charge is 0.352 e. The number of aromatic amines is 1. The zero-order valence-corrected chi connectivity index (χ0v) is 9.65. The second-order valence-electron chi connectivity index (χ2n) is 3.51. The molecular weight excluding hydrogens is 266 g/mol. The minimum Gasteiger partial charge on any atom is -0.477 e. The molecule has 1 atom stereocenters. The van der Waals surface area contributed by atoms with Crippen LogP contribution in [0.25, 0.3) is 0 Å². The molecule has 10 heteroatoms. The maximum absolute atomic E-state index is 11.8. The van der Waals surface area contributed by atoms with Crippen molar-refractivity contribution in [2.75, 3.05) is 6.61 Å². The predicted octanol–water partition coefficient (Wildman–Crippen LogP) is -1.58. The van der Waals surface area contributed by atoms with Crippen LogP contribution in [0.1, 0.15) is 10.5 Å². The summed E-state index contributed by atoms with van der Waals surface area (Å²) in [6.07, 6.45) is 1.03. The highest BCUT2D eigenvalue weighted by Crippen LogP contribution is 2.12. The Labute approximate surface area is 101 Å². The predicted molar refractivity (Wildman–Crippen MR) is 56.0 cm³/mol. The molecule has 2 rings (SSSR count). The number of aromatic nitrogens is 1. The zero-order chi connectivity index (χ0) is 13.3. The second kappa shape index (κ2) is 4.40. The normalized spacial score (nSPS) is 19.8. The SMILES string of the molecule is O=C(O)c1cc(S(=O)(=O)N[C@@H]2CONC2=O)c[nH]1. The number of nitrogens with one attached hydrogen (secondary N) is 3. The molecule has 4 N–H and O–H groups in total. The monoisotopic (exact) mass is 275 g/mol. The lowest BCUT2D eigenvalue weighted by Crippen LogP contribution is -2.41. The summed E-state index contributed by atoms with van der Waals surface area (Å²) in [6.45, 7) is -0.131. The number of H-pyrrole nitrogens is 1. The summed E-state index contributed by atoms with van der Waals surface area (Å²) in [5, 5.41) is 8.66. The number of sulfonamides is 1. The Hall–Kier alpha value is -1.91. The van der Waals surface area contributed by atoms with E-state index in [1.165, 1.54) is 0 Å². The molecule has 0 radical (unpaired) electrons. The Morgan fingerprint density at radius 1 is 1.56 bits per heavy atom. The molecule has 0 aromatic carbocycles. The molecule has 0 saturated carbocycles. The van der Waals surface area contributed by atoms with Gasteiger partial charge in [-0.25, -0.2) is 18.7 Å². The van der Waals surface area contributed by atoms with Gasteiger partial charge in [-0.2, -0.15) is 4.72 Å². The number of hydrogen-bond acceptors (Lipinski definition) is 5. The lowest BCUT2D eigenvalue weighted by Gasteiger charge is -2.07. The summed E-state index contributed by atoms with van der Waals surface area (Å²) >= 11 is 0. The standard InChI is InChI=1S/C8H9N3O6S/c12-7-6(3-17-10-7)11-18(15,16)4-1-5(8(13)14)9-2-4/h1-2,6,9,11H,3H2,(H,10,12)(H,13,14)/t6-/m1/s1. The Bertz CT molecular complexity index is 592. The lowest BCUT2D eigenvalue weighted by molar-refractivity contribution is -0.124. The number of carboxylic acids is 1. The van der Waals surface area contributed by atoms with E-state index in [9.17, 15) is 18.0 Å². The topological polar surface area (TPSA) is 138 Å². The molecule has 0 spiro atoms. The van der Waals surface area contributed by atoms with Crippen LogP contribution < -0.4 is 10.2 Å². The van der Waals surface area contributed by atoms with Gasteiger partial charge in [0.15, 0.2) is 0 Å². The van der Waals surface area contributed by atoms with E-state index in [0.717, 1.165) is 12.3 Å². The van der Waals surface area contributed by atoms with Crippen molar-refractivity contribution in [3.8, 4) is 0 Å². The summed E-state index contributed by atoms with van der Waals surface area (Å²) < 4.78 is 25.7. The van der Waals surface area contributed by atoms with Gasteiger partial charge >= 0.3 is 5.97 Å². The fourth-order valence-electron chi connectivity index (χ4n) is 1.34. The Morgan fingerprint density at radius 3 is 2.78 bits per heavy atom. The van der Waals surface area contributed by atoms with Crippen LogP contribution in [0.2, 0.25) is 0 Å². The largest absolute Gasteiger partial charge is 0.477 e. The van der Waals surface area contributed by atoms with Gasteiger partial charge in [0.2, 0.25) is 10.0 Å². The van der Waals surface area contributed by atoms with E-state index in [1.54, 1.807) is 0 Å². The first-order chi connectivity index (χ1) is 8.40. The number of hydrogen-bond donors (Lipinski definition) is 4. The van der Waals surface area contributed by atoms with E-state index in [-0.39, 0.29) is 17.2 Å². The quantitative estimate of drug-likeness (QED) is 0.523. The average Bonchev–Trinajstić information content (AvgIpc) is 2.88. The molecule has 1 aliphatic heterocycles. The third-order valence-electron chi connectivity index (χ3n) is 2.23. The van der Waals surface area contributed by atoms with Crippen LogP contribution in [0.3, 0.4) is 0 Å². The zero-order valence-electron chi connectivity index (χ0n) is 8.84. The highest BCUT2D eigenvalue weighted by atomic mass is 32.2. The maximum Gasteiger partial charge on any atom is 0.352 e. The van der Waals surface area contributed by atoms with Crippen LogP contribution in [0.5, 0.6) is 0 Å². The van der Waals surface area contributed by atoms with E-state index in [2.05, 4.69) is 14.5 Å². The second-order valence-corrected chi connectivity index (χ2v) is 5.22. The van der Waals surface area contributed by atoms with Crippen molar-refractivity contribution < 1.29 is 28.0 Å². The van der Waals surface area contributed by atoms with Crippen LogP contribution in [-0.4, -0.2) is 43.0 Å². The van der Waals surface area contributed by atoms with Gasteiger partial charge < -0.3 is 10.1 Å². The third-order valence-corrected chi connectivity index (χ3v) is 3.69. The number of carbonyl (C=O) groups is 2. The molecule has 1 amide bonds. The first kappa shape index (κ1) is 12.5. The molecule has 0 bridgehead atoms. The van der Waals surface area contributed by atoms with Crippen LogP contribution in [-0.2, 0) is 19.7 Å². The Morgan fingerprint density at radius 2 is 2.28 bits per heavy atom. The maximum atomic E-state index is 11.8. The first-order valence-electron chi connectivity index (χ1n) is 4.76. The van der Waals surface area contributed by atoms with Gasteiger partial charge in [-0.05, 0) is 6.07 Å². The van der Waals surface area contributed by atoms with Gasteiger partial charge in [-0.1, -0.05) is 0 Å². The van der Waals surface area contributed by atoms with Gasteiger partial charge in [0.1, 0.15) is 23.2 Å². The number of aromatic carboxylic acids is 1. The Balaban J connectivity index is 2.19. The molecule has 0 unspecified atom stereocenters. The van der Waals surface area contributed by atoms with E-state index in [4.69, 9.17) is 5.11 Å². The first-order valence-corrected chi connectivity index (χ1v) is 6.24. The van der Waals surface area contributed by atoms with Crippen molar-refractivity contribution in [2.45, 2.75) is 10.9 Å². The van der Waals surface area contributed by atoms with Gasteiger partial charge in [0.25, 0.3) is 5.91 Å². The van der Waals surface area contributed by atoms with Crippen molar-refractivity contribution in [3.63, 3.8) is 0 Å². The fraction of sp³-hybridized carbons (Fsp3) is 0.250. The van der Waals surface area contributed by atoms with Gasteiger partial charge in [-0.3, -0.25) is 9.63 Å². The molecule has 2 heterocycles. The van der Waals surface area contributed by atoms with Crippen molar-refractivity contribution in [3.05, 3.63) is 18.0 Å². The van der Waals surface area contributed by atoms with Crippen molar-refractivity contribution in [1.29, 1.82) is 0 Å². The fourth-order valence-corrected chi connectivity index (χ4v) is 2.51. The third kappa shape index (κ3) is 2.34. The highest BCUT2D eigenvalue weighted by Gasteiger charge is 2.31. The molecular formula is C8H9N3O6S. The summed E-state index contributed by atoms with van der Waals surface area (Å²) in [4.78, 5) is 28.3. The number of carboxylic acid groups (broad SMARTS) is 1. The lowest BCUT2D eigenvalue weighted by atomic mass is 10.3. The summed E-state index contributed by atoms with van der Waals surface area (Å²) in [7, 11) is -3.97. The number of carbonyl (C=O) groups excluding carboxylic acids is 1. The molecule has 1 aliphatic rings. The molecule has 1 aromatic rings. The number of hydroxylamine groups is 1. The van der Waals surface area contributed by atoms with Crippen LogP contribution in [0, 0.1) is 0 Å². The molecule has 1 aromatic heterocycles. The summed E-state index contributed by atoms with van der Waals surface area (Å²) in [6, 6.07) is -0.0727. The number of amides is 1. The number of rotatable bonds is 4. The summed E-state index contributed by atoms with van der Waals surface area (Å²) in [5.41, 5.74) is 1.74. The average molecular weight is 275 g/mol. The van der Waals surface area contributed by atoms with Gasteiger partial charge in [0.05, 0.1) is 0 Å². The minimum absolute atomic E-state index is 0.131. The summed E-state index contributed by atoms with van der Waals surface area (Å²) in [5.74, 6) is -1.88. The van der Waals surface area contributed by atoms with Crippen LogP contribution in [0.15, 0.2) is 17.2 Å². The van der Waals surface area contributed by atoms with E-state index < -0.39 is 27.9 Å². The van der Waals surface area contributed by atoms with Crippen LogP contribution >= 0.6 is 0 Å². The Kier molecular flexibility index (Phi) is 3.07. The van der Waals surface area contributed by atoms with Crippen molar-refractivity contribution in [1.82, 2.24) is 15.2 Å². The van der Waals surface area contributed by atoms with E-state index >= 15 is 0 Å². The molecule has 0 aliphatic carbocycles. The van der Waals surface area contributed by atoms with Crippen molar-refractivity contribution >= 4 is 21.9 Å². The molecule has 98 valence electrons. The van der Waals surface area contributed by atoms with E-state index in [0.29, 0.717) is 0 Å². The van der Waals surface area contributed by atoms with Crippen LogP contribution in [0.4, 0.5) is 0 Å². The van der Waals surface area contributed by atoms with Gasteiger partial charge in [-0.15, -0.1) is 0 Å². The highest BCUT2D eigenvalue weighted by molar-refractivity contribution is 7.89. The minimum atomic E-state index is -3.97. The van der Waals surface area contributed by atoms with Crippen molar-refractivity contribution in [2.24, 2.45) is 0 Å². The molecule has 9 nitrogen and oxygen atoms in total. The molecule has 1 saturated heterocycles. The van der Waals surface area contributed by atoms with Gasteiger partial charge in [0, 0.05) is 6.20 Å². The molecule has 1 fully saturated rings.